The quantitative estimate of drug-likeness (QED) is 0.315. The van der Waals surface area contributed by atoms with Crippen molar-refractivity contribution >= 4 is 17.2 Å². The van der Waals surface area contributed by atoms with Crippen molar-refractivity contribution in [3.8, 4) is 22.4 Å². The molecule has 6 nitrogen and oxygen atoms in total. The predicted octanol–water partition coefficient (Wildman–Crippen LogP) is 6.06. The number of aromatic nitrogens is 2. The summed E-state index contributed by atoms with van der Waals surface area (Å²) in [4.78, 5) is 25.1. The first-order chi connectivity index (χ1) is 19.5. The number of hydrogen-bond donors (Lipinski definition) is 2. The van der Waals surface area contributed by atoms with Crippen LogP contribution in [0.2, 0.25) is 0 Å². The molecule has 1 saturated heterocycles. The van der Waals surface area contributed by atoms with Gasteiger partial charge in [-0.05, 0) is 97.1 Å². The highest BCUT2D eigenvalue weighted by molar-refractivity contribution is 6.26. The molecule has 0 bridgehead atoms. The van der Waals surface area contributed by atoms with Crippen LogP contribution in [0.4, 0.5) is 10.1 Å². The zero-order valence-electron chi connectivity index (χ0n) is 22.6. The summed E-state index contributed by atoms with van der Waals surface area (Å²) < 4.78 is 14.2. The molecule has 40 heavy (non-hydrogen) atoms. The van der Waals surface area contributed by atoms with E-state index < -0.39 is 0 Å². The van der Waals surface area contributed by atoms with Crippen molar-refractivity contribution in [1.29, 1.82) is 0 Å². The molecule has 0 unspecified atom stereocenters. The Balaban J connectivity index is 1.27. The molecule has 2 aliphatic rings. The topological polar surface area (TPSA) is 70.2 Å². The molecular weight excluding hydrogens is 501 g/mol. The smallest absolute Gasteiger partial charge is 0.256 e. The second-order valence-electron chi connectivity index (χ2n) is 10.6. The Morgan fingerprint density at radius 3 is 2.60 bits per heavy atom. The fourth-order valence-electron chi connectivity index (χ4n) is 5.58. The number of benzene rings is 2. The molecule has 2 aliphatic heterocycles. The Morgan fingerprint density at radius 1 is 0.950 bits per heavy atom. The lowest BCUT2D eigenvalue weighted by Gasteiger charge is -2.16. The van der Waals surface area contributed by atoms with E-state index in [1.165, 1.54) is 24.5 Å². The number of fused-ring (bicyclic) bond motifs is 1. The zero-order valence-corrected chi connectivity index (χ0v) is 22.6. The number of nitrogens with zero attached hydrogens (tertiary/aromatic N) is 3. The number of pyridine rings is 2. The number of carbonyl (C=O) groups is 1. The summed E-state index contributed by atoms with van der Waals surface area (Å²) in [6, 6.07) is 18.5. The van der Waals surface area contributed by atoms with Crippen LogP contribution in [-0.4, -0.2) is 40.4 Å². The summed E-state index contributed by atoms with van der Waals surface area (Å²) in [7, 11) is 0. The molecule has 0 saturated carbocycles. The summed E-state index contributed by atoms with van der Waals surface area (Å²) in [5.74, 6) is -0.524. The Bertz CT molecular complexity index is 1570. The SMILES string of the molecule is CC1=C(C(=O)Nc2ccc(-c3ccccc3F)nc2)c2cc(-c3cncc(CN4CCCC4)c3)ccc2CNC1. The maximum absolute atomic E-state index is 14.2. The number of rotatable bonds is 6. The van der Waals surface area contributed by atoms with Crippen molar-refractivity contribution in [2.24, 2.45) is 0 Å². The Kier molecular flexibility index (Phi) is 7.49. The molecule has 1 fully saturated rings. The van der Waals surface area contributed by atoms with Gasteiger partial charge in [0.05, 0.1) is 17.6 Å². The van der Waals surface area contributed by atoms with Crippen molar-refractivity contribution in [3.63, 3.8) is 0 Å². The zero-order chi connectivity index (χ0) is 27.5. The molecule has 202 valence electrons. The maximum atomic E-state index is 14.2. The monoisotopic (exact) mass is 533 g/mol. The van der Waals surface area contributed by atoms with Gasteiger partial charge in [-0.1, -0.05) is 24.3 Å². The van der Waals surface area contributed by atoms with Gasteiger partial charge in [-0.15, -0.1) is 0 Å². The first-order valence-electron chi connectivity index (χ1n) is 13.8. The highest BCUT2D eigenvalue weighted by atomic mass is 19.1. The number of anilines is 1. The number of carbonyl (C=O) groups excluding carboxylic acids is 1. The molecule has 7 heteroatoms. The first-order valence-corrected chi connectivity index (χ1v) is 13.8. The third-order valence-corrected chi connectivity index (χ3v) is 7.64. The summed E-state index contributed by atoms with van der Waals surface area (Å²) in [6.07, 6.45) is 7.93. The second kappa shape index (κ2) is 11.5. The van der Waals surface area contributed by atoms with Gasteiger partial charge in [0.15, 0.2) is 0 Å². The minimum Gasteiger partial charge on any atom is -0.321 e. The van der Waals surface area contributed by atoms with E-state index in [1.54, 1.807) is 36.5 Å². The van der Waals surface area contributed by atoms with Gasteiger partial charge >= 0.3 is 0 Å². The van der Waals surface area contributed by atoms with E-state index in [2.05, 4.69) is 49.8 Å². The number of halogens is 1. The lowest BCUT2D eigenvalue weighted by molar-refractivity contribution is -0.111. The van der Waals surface area contributed by atoms with E-state index in [0.29, 0.717) is 35.6 Å². The minimum atomic E-state index is -0.331. The molecule has 6 rings (SSSR count). The molecule has 2 aromatic carbocycles. The molecule has 2 aromatic heterocycles. The van der Waals surface area contributed by atoms with Gasteiger partial charge in [0.1, 0.15) is 5.82 Å². The fraction of sp³-hybridized carbons (Fsp3) is 0.242. The van der Waals surface area contributed by atoms with E-state index >= 15 is 0 Å². The third-order valence-electron chi connectivity index (χ3n) is 7.64. The molecular formula is C33H32FN5O. The summed E-state index contributed by atoms with van der Waals surface area (Å²) in [5, 5.41) is 6.45. The molecule has 1 amide bonds. The van der Waals surface area contributed by atoms with E-state index in [9.17, 15) is 9.18 Å². The standard InChI is InChI=1S/C33H32FN5O/c1-22-16-35-18-25-9-8-24(26-14-23(17-36-19-26)21-39-12-4-5-13-39)15-29(25)32(22)33(40)38-27-10-11-31(37-20-27)28-6-2-3-7-30(28)34/h2-3,6-11,14-15,17,19-20,35H,4-5,12-13,16,18,21H2,1H3,(H,38,40). The molecule has 0 aliphatic carbocycles. The number of amides is 1. The molecule has 0 radical (unpaired) electrons. The second-order valence-corrected chi connectivity index (χ2v) is 10.6. The average molecular weight is 534 g/mol. The summed E-state index contributed by atoms with van der Waals surface area (Å²) >= 11 is 0. The molecule has 4 heterocycles. The van der Waals surface area contributed by atoms with Crippen molar-refractivity contribution in [3.05, 3.63) is 107 Å². The van der Waals surface area contributed by atoms with Crippen molar-refractivity contribution in [2.45, 2.75) is 32.9 Å². The Hall–Kier alpha value is -4.20. The maximum Gasteiger partial charge on any atom is 0.256 e. The summed E-state index contributed by atoms with van der Waals surface area (Å²) in [6.45, 7) is 6.47. The van der Waals surface area contributed by atoms with Gasteiger partial charge < -0.3 is 10.6 Å². The number of nitrogens with one attached hydrogen (secondary N) is 2. The largest absolute Gasteiger partial charge is 0.321 e. The highest BCUT2D eigenvalue weighted by Gasteiger charge is 2.22. The van der Waals surface area contributed by atoms with E-state index in [4.69, 9.17) is 0 Å². The van der Waals surface area contributed by atoms with Crippen LogP contribution in [0.3, 0.4) is 0 Å². The van der Waals surface area contributed by atoms with Crippen LogP contribution >= 0.6 is 0 Å². The van der Waals surface area contributed by atoms with Crippen LogP contribution in [0.25, 0.3) is 28.0 Å². The van der Waals surface area contributed by atoms with Gasteiger partial charge in [0.25, 0.3) is 5.91 Å². The highest BCUT2D eigenvalue weighted by Crippen LogP contribution is 2.32. The Morgan fingerprint density at radius 2 is 1.80 bits per heavy atom. The van der Waals surface area contributed by atoms with Crippen LogP contribution < -0.4 is 10.6 Å². The van der Waals surface area contributed by atoms with E-state index in [-0.39, 0.29) is 11.7 Å². The van der Waals surface area contributed by atoms with Gasteiger partial charge in [0, 0.05) is 48.7 Å². The lowest BCUT2D eigenvalue weighted by Crippen LogP contribution is -2.18. The Labute approximate surface area is 234 Å². The van der Waals surface area contributed by atoms with E-state index in [0.717, 1.165) is 47.5 Å². The minimum absolute atomic E-state index is 0.194. The third kappa shape index (κ3) is 5.57. The average Bonchev–Trinajstić information content (AvgIpc) is 3.41. The molecule has 4 aromatic rings. The fourth-order valence-corrected chi connectivity index (χ4v) is 5.58. The molecule has 2 N–H and O–H groups in total. The molecule has 0 atom stereocenters. The van der Waals surface area contributed by atoms with Gasteiger partial charge in [-0.25, -0.2) is 4.39 Å². The normalized spacial score (nSPS) is 15.6. The van der Waals surface area contributed by atoms with Crippen LogP contribution in [0.1, 0.15) is 36.5 Å². The van der Waals surface area contributed by atoms with Crippen LogP contribution in [0.15, 0.2) is 84.8 Å². The van der Waals surface area contributed by atoms with Gasteiger partial charge in [0.2, 0.25) is 0 Å². The van der Waals surface area contributed by atoms with Gasteiger partial charge in [-0.3, -0.25) is 19.7 Å². The van der Waals surface area contributed by atoms with Crippen LogP contribution in [0.5, 0.6) is 0 Å². The first kappa shape index (κ1) is 26.0. The number of likely N-dealkylation sites (tertiary alicyclic amines) is 1. The number of hydrogen-bond acceptors (Lipinski definition) is 5. The van der Waals surface area contributed by atoms with E-state index in [1.807, 2.05) is 19.3 Å². The van der Waals surface area contributed by atoms with Crippen LogP contribution in [0, 0.1) is 5.82 Å². The van der Waals surface area contributed by atoms with Crippen molar-refractivity contribution in [2.75, 3.05) is 25.0 Å². The summed E-state index contributed by atoms with van der Waals surface area (Å²) in [5.41, 5.74) is 8.37. The lowest BCUT2D eigenvalue weighted by atomic mass is 9.92. The van der Waals surface area contributed by atoms with Gasteiger partial charge in [-0.2, -0.15) is 0 Å². The predicted molar refractivity (Wildman–Crippen MR) is 157 cm³/mol. The van der Waals surface area contributed by atoms with Crippen molar-refractivity contribution < 1.29 is 9.18 Å². The molecule has 0 spiro atoms. The van der Waals surface area contributed by atoms with Crippen LogP contribution in [-0.2, 0) is 17.9 Å². The van der Waals surface area contributed by atoms with Crippen molar-refractivity contribution in [1.82, 2.24) is 20.2 Å².